The maximum atomic E-state index is 12.3. The number of aromatic nitrogens is 4. The molecule has 0 saturated heterocycles. The van der Waals surface area contributed by atoms with Crippen molar-refractivity contribution < 1.29 is 77.7 Å². The van der Waals surface area contributed by atoms with Gasteiger partial charge in [0.2, 0.25) is 23.6 Å². The lowest BCUT2D eigenvalue weighted by molar-refractivity contribution is -0.143. The molecule has 0 atom stereocenters. The summed E-state index contributed by atoms with van der Waals surface area (Å²) in [7, 11) is 0. The Morgan fingerprint density at radius 3 is 0.760 bits per heavy atom. The highest BCUT2D eigenvalue weighted by molar-refractivity contribution is 6.00. The zero-order valence-corrected chi connectivity index (χ0v) is 53.5. The van der Waals surface area contributed by atoms with E-state index in [-0.39, 0.29) is 76.2 Å². The maximum Gasteiger partial charge on any atom is 0.323 e. The van der Waals surface area contributed by atoms with E-state index in [4.69, 9.17) is 28.9 Å². The molecule has 0 spiro atoms. The van der Waals surface area contributed by atoms with Crippen molar-refractivity contribution in [3.63, 3.8) is 0 Å². The van der Waals surface area contributed by atoms with Crippen molar-refractivity contribution in [1.82, 2.24) is 39.5 Å². The third kappa shape index (κ3) is 18.4. The van der Waals surface area contributed by atoms with Gasteiger partial charge in [0.05, 0.1) is 49.2 Å². The first-order chi connectivity index (χ1) is 46.2. The fourth-order valence-electron chi connectivity index (χ4n) is 11.2. The molecule has 24 nitrogen and oxygen atoms in total. The van der Waals surface area contributed by atoms with Crippen molar-refractivity contribution in [3.05, 3.63) is 144 Å². The highest BCUT2D eigenvalue weighted by Gasteiger charge is 2.22. The number of aliphatic carboxylic acids is 4. The van der Waals surface area contributed by atoms with Crippen molar-refractivity contribution >= 4 is 93.9 Å². The smallest absolute Gasteiger partial charge is 0.323 e. The number of rotatable bonds is 32. The molecule has 498 valence electrons. The van der Waals surface area contributed by atoms with Gasteiger partial charge in [0.15, 0.2) is 0 Å². The molecule has 0 unspecified atom stereocenters. The van der Waals surface area contributed by atoms with Crippen LogP contribution in [0.5, 0.6) is 23.0 Å². The maximum absolute atomic E-state index is 12.3. The first-order valence-electron chi connectivity index (χ1n) is 31.2. The third-order valence-corrected chi connectivity index (χ3v) is 15.7. The Hall–Kier alpha value is -11.6. The minimum atomic E-state index is -1.12. The molecule has 0 radical (unpaired) electrons. The summed E-state index contributed by atoms with van der Waals surface area (Å²) in [4.78, 5) is 118. The number of hydrogen-bond acceptors (Lipinski definition) is 14. The lowest BCUT2D eigenvalue weighted by Gasteiger charge is -2.18. The van der Waals surface area contributed by atoms with Crippen LogP contribution in [0.25, 0.3) is 90.9 Å². The highest BCUT2D eigenvalue weighted by Crippen LogP contribution is 2.40. The lowest BCUT2D eigenvalue weighted by Crippen LogP contribution is -2.35. The van der Waals surface area contributed by atoms with Gasteiger partial charge in [0.25, 0.3) is 0 Å². The van der Waals surface area contributed by atoms with E-state index >= 15 is 0 Å². The summed E-state index contributed by atoms with van der Waals surface area (Å²) >= 11 is 0. The first-order valence-corrected chi connectivity index (χ1v) is 31.2. The van der Waals surface area contributed by atoms with Crippen LogP contribution in [0.3, 0.4) is 0 Å². The van der Waals surface area contributed by atoms with Gasteiger partial charge in [-0.25, -0.2) is 9.97 Å². The number of ether oxygens (including phenoxy) is 4. The number of carbonyl (C=O) groups is 8. The average molecular weight is 1310 g/mol. The highest BCUT2D eigenvalue weighted by atomic mass is 16.5. The minimum absolute atomic E-state index is 0.169. The van der Waals surface area contributed by atoms with E-state index in [9.17, 15) is 58.8 Å². The molecule has 0 aliphatic carbocycles. The molecule has 9 rings (SSSR count). The largest absolute Gasteiger partial charge is 0.494 e. The number of carboxylic acids is 4. The molecular formula is C72H74N8O16. The zero-order valence-electron chi connectivity index (χ0n) is 53.5. The average Bonchev–Trinajstić information content (AvgIpc) is 1.61. The fraction of sp³-hybridized carbons (Fsp3) is 0.278. The van der Waals surface area contributed by atoms with Gasteiger partial charge >= 0.3 is 23.9 Å². The second-order valence-electron chi connectivity index (χ2n) is 22.8. The number of nitrogens with zero attached hydrogens (tertiary/aromatic N) is 6. The summed E-state index contributed by atoms with van der Waals surface area (Å²) in [5.74, 6) is -3.94. The van der Waals surface area contributed by atoms with E-state index in [1.54, 1.807) is 0 Å². The fourth-order valence-corrected chi connectivity index (χ4v) is 11.2. The van der Waals surface area contributed by atoms with E-state index in [1.165, 1.54) is 47.3 Å². The van der Waals surface area contributed by atoms with Gasteiger partial charge in [-0.15, -0.1) is 0 Å². The molecule has 4 amide bonds. The number of hydrogen-bond donors (Lipinski definition) is 6. The topological polar surface area (TPSA) is 325 Å². The number of amides is 4. The van der Waals surface area contributed by atoms with Gasteiger partial charge in [0, 0.05) is 98.2 Å². The predicted molar refractivity (Wildman–Crippen MR) is 361 cm³/mol. The van der Waals surface area contributed by atoms with Crippen LogP contribution in [0.15, 0.2) is 121 Å². The van der Waals surface area contributed by atoms with E-state index < -0.39 is 50.1 Å². The van der Waals surface area contributed by atoms with Crippen LogP contribution < -0.4 is 18.9 Å². The molecule has 24 heteroatoms. The molecule has 5 heterocycles. The molecule has 2 aliphatic rings. The number of carbonyl (C=O) groups excluding carboxylic acids is 4. The number of fused-ring (bicyclic) bond motifs is 8. The van der Waals surface area contributed by atoms with Gasteiger partial charge in [-0.1, -0.05) is 48.5 Å². The minimum Gasteiger partial charge on any atom is -0.494 e. The van der Waals surface area contributed by atoms with E-state index in [0.29, 0.717) is 138 Å². The van der Waals surface area contributed by atoms with Gasteiger partial charge in [-0.3, -0.25) is 38.4 Å². The standard InChI is InChI=1S/C72H74N8O16/c1-45(81)77(41-65(85)86)29-9-33-93-53-17-5-13-49(37-53)69-57-21-23-59(73-57)70(50-14-6-18-54(38-50)94-34-10-30-78(46(2)82)42-66(87)88)61-25-27-63(75-61)72(52-16-8-20-56(40-52)96-36-12-32-80(48(4)84)44-68(91)92)64-28-26-62(76-64)71(60-24-22-58(69)74-60)51-15-7-19-55(39-51)95-35-11-31-79(47(3)83)43-67(89)90/h5-8,13-28,37-40,73,76H,9-12,29-36,41-44H2,1-4H3,(H,85,86)(H,87,88)(H,89,90)(H,91,92). The summed E-state index contributed by atoms with van der Waals surface area (Å²) in [6.07, 6.45) is 9.13. The molecular weight excluding hydrogens is 1230 g/mol. The van der Waals surface area contributed by atoms with Gasteiger partial charge in [-0.2, -0.15) is 0 Å². The van der Waals surface area contributed by atoms with Crippen LogP contribution >= 0.6 is 0 Å². The molecule has 3 aromatic heterocycles. The Bertz CT molecular complexity index is 3790. The van der Waals surface area contributed by atoms with Crippen molar-refractivity contribution in [3.8, 4) is 67.5 Å². The van der Waals surface area contributed by atoms with Crippen molar-refractivity contribution in [2.24, 2.45) is 0 Å². The summed E-state index contributed by atoms with van der Waals surface area (Å²) in [5, 5.41) is 37.6. The molecule has 2 aliphatic heterocycles. The Balaban J connectivity index is 1.23. The molecule has 0 fully saturated rings. The molecule has 8 bridgehead atoms. The van der Waals surface area contributed by atoms with E-state index in [1.807, 2.05) is 146 Å². The van der Waals surface area contributed by atoms with Gasteiger partial charge in [-0.05, 0) is 145 Å². The third-order valence-electron chi connectivity index (χ3n) is 15.7. The molecule has 6 N–H and O–H groups in total. The predicted octanol–water partition coefficient (Wildman–Crippen LogP) is 10.1. The summed E-state index contributed by atoms with van der Waals surface area (Å²) in [6, 6.07) is 37.8. The van der Waals surface area contributed by atoms with E-state index in [0.717, 1.165) is 0 Å². The molecule has 4 aromatic carbocycles. The lowest BCUT2D eigenvalue weighted by atomic mass is 10.0. The van der Waals surface area contributed by atoms with Crippen LogP contribution in [0.1, 0.15) is 76.2 Å². The number of H-pyrrole nitrogens is 2. The van der Waals surface area contributed by atoms with Gasteiger partial charge < -0.3 is 68.9 Å². The number of carboxylic acid groups (broad SMARTS) is 4. The Kier molecular flexibility index (Phi) is 23.2. The summed E-state index contributed by atoms with van der Waals surface area (Å²) in [6.45, 7) is 4.91. The van der Waals surface area contributed by atoms with Crippen LogP contribution in [0.4, 0.5) is 0 Å². The number of nitrogens with one attached hydrogen (secondary N) is 2. The monoisotopic (exact) mass is 1310 g/mol. The normalized spacial score (nSPS) is 11.4. The Morgan fingerprint density at radius 2 is 0.562 bits per heavy atom. The van der Waals surface area contributed by atoms with Crippen LogP contribution in [-0.2, 0) is 38.4 Å². The Labute approximate surface area is 552 Å². The van der Waals surface area contributed by atoms with Crippen molar-refractivity contribution in [2.75, 3.05) is 78.8 Å². The summed E-state index contributed by atoms with van der Waals surface area (Å²) in [5.41, 5.74) is 10.5. The second-order valence-corrected chi connectivity index (χ2v) is 22.8. The number of benzene rings is 4. The van der Waals surface area contributed by atoms with Crippen LogP contribution in [-0.4, -0.2) is 186 Å². The van der Waals surface area contributed by atoms with E-state index in [2.05, 4.69) is 9.97 Å². The van der Waals surface area contributed by atoms with Crippen LogP contribution in [0.2, 0.25) is 0 Å². The second kappa shape index (κ2) is 32.3. The van der Waals surface area contributed by atoms with Crippen molar-refractivity contribution in [2.45, 2.75) is 53.4 Å². The van der Waals surface area contributed by atoms with Crippen molar-refractivity contribution in [1.29, 1.82) is 0 Å². The SMILES string of the molecule is CC(=O)N(CCCOc1cccc(-c2c3nc(c(-c4cccc(OCCCN(CC(=O)O)C(C)=O)c4)c4ccc([nH]4)c(-c4cccc(OCCCN(CC(=O)O)C(C)=O)c4)c4nc(c(-c5cccc(OCCCN(CC(=O)O)C(C)=O)c5)c5ccc2[nH]5)C=C4)C=C3)c1)CC(=O)O. The quantitative estimate of drug-likeness (QED) is 0.0213. The zero-order chi connectivity index (χ0) is 68.4. The number of aromatic amines is 2. The molecule has 0 saturated carbocycles. The first kappa shape index (κ1) is 68.8. The molecule has 96 heavy (non-hydrogen) atoms. The summed E-state index contributed by atoms with van der Waals surface area (Å²) < 4.78 is 25.2. The van der Waals surface area contributed by atoms with Gasteiger partial charge in [0.1, 0.15) is 49.2 Å². The Morgan fingerprint density at radius 1 is 0.344 bits per heavy atom. The molecule has 7 aromatic rings. The van der Waals surface area contributed by atoms with Crippen LogP contribution in [0, 0.1) is 0 Å².